The highest BCUT2D eigenvalue weighted by molar-refractivity contribution is 9.10. The minimum atomic E-state index is 0.389. The van der Waals surface area contributed by atoms with Gasteiger partial charge in [-0.1, -0.05) is 45.7 Å². The molecule has 0 spiro atoms. The first kappa shape index (κ1) is 14.4. The summed E-state index contributed by atoms with van der Waals surface area (Å²) >= 11 is 7.05. The van der Waals surface area contributed by atoms with Crippen molar-refractivity contribution >= 4 is 31.9 Å². The summed E-state index contributed by atoms with van der Waals surface area (Å²) in [5.74, 6) is 2.61. The standard InChI is InChI=1S/C15H20Br2O/c1-10-3-4-13(7-11(10)2)18-14-5-6-15(17)12(8-14)9-16/h5-6,8,10-11,13H,3-4,7,9H2,1-2H3. The summed E-state index contributed by atoms with van der Waals surface area (Å²) in [4.78, 5) is 0. The van der Waals surface area contributed by atoms with Gasteiger partial charge >= 0.3 is 0 Å². The van der Waals surface area contributed by atoms with E-state index in [1.54, 1.807) is 0 Å². The second kappa shape index (κ2) is 6.42. The maximum atomic E-state index is 6.13. The molecule has 0 aliphatic heterocycles. The Morgan fingerprint density at radius 1 is 1.22 bits per heavy atom. The third kappa shape index (κ3) is 3.51. The van der Waals surface area contributed by atoms with Crippen LogP contribution in [0.4, 0.5) is 0 Å². The lowest BCUT2D eigenvalue weighted by Crippen LogP contribution is -2.28. The Morgan fingerprint density at radius 3 is 2.67 bits per heavy atom. The Bertz CT molecular complexity index is 405. The van der Waals surface area contributed by atoms with Crippen LogP contribution >= 0.6 is 31.9 Å². The first-order valence-corrected chi connectivity index (χ1v) is 8.52. The molecule has 1 aromatic carbocycles. The molecule has 1 aromatic rings. The van der Waals surface area contributed by atoms with Crippen molar-refractivity contribution in [1.29, 1.82) is 0 Å². The first-order chi connectivity index (χ1) is 8.60. The number of alkyl halides is 1. The molecule has 1 aliphatic carbocycles. The SMILES string of the molecule is CC1CCC(Oc2ccc(Br)c(CBr)c2)CC1C. The fourth-order valence-electron chi connectivity index (χ4n) is 2.52. The Morgan fingerprint density at radius 2 is 2.00 bits per heavy atom. The van der Waals surface area contributed by atoms with E-state index in [-0.39, 0.29) is 0 Å². The number of halogens is 2. The van der Waals surface area contributed by atoms with Gasteiger partial charge < -0.3 is 4.74 Å². The minimum absolute atomic E-state index is 0.389. The van der Waals surface area contributed by atoms with Crippen LogP contribution in [-0.2, 0) is 5.33 Å². The van der Waals surface area contributed by atoms with Crippen LogP contribution in [0.1, 0.15) is 38.7 Å². The molecular formula is C15H20Br2O. The van der Waals surface area contributed by atoms with E-state index >= 15 is 0 Å². The van der Waals surface area contributed by atoms with Crippen molar-refractivity contribution in [2.24, 2.45) is 11.8 Å². The third-order valence-corrected chi connectivity index (χ3v) is 5.39. The van der Waals surface area contributed by atoms with E-state index in [0.29, 0.717) is 6.10 Å². The van der Waals surface area contributed by atoms with E-state index in [0.717, 1.165) is 27.4 Å². The number of benzene rings is 1. The fraction of sp³-hybridized carbons (Fsp3) is 0.600. The predicted octanol–water partition coefficient (Wildman–Crippen LogP) is 5.55. The highest BCUT2D eigenvalue weighted by Crippen LogP contribution is 2.33. The zero-order valence-electron chi connectivity index (χ0n) is 11.0. The average molecular weight is 376 g/mol. The summed E-state index contributed by atoms with van der Waals surface area (Å²) in [6, 6.07) is 6.25. The third-order valence-electron chi connectivity index (χ3n) is 4.01. The predicted molar refractivity (Wildman–Crippen MR) is 83.4 cm³/mol. The van der Waals surface area contributed by atoms with Crippen molar-refractivity contribution in [1.82, 2.24) is 0 Å². The van der Waals surface area contributed by atoms with Crippen LogP contribution in [0.5, 0.6) is 5.75 Å². The van der Waals surface area contributed by atoms with E-state index in [2.05, 4.69) is 63.9 Å². The molecule has 0 bridgehead atoms. The average Bonchev–Trinajstić information content (AvgIpc) is 2.36. The molecular weight excluding hydrogens is 356 g/mol. The molecule has 3 heteroatoms. The lowest BCUT2D eigenvalue weighted by atomic mass is 9.80. The van der Waals surface area contributed by atoms with Gasteiger partial charge in [0, 0.05) is 9.80 Å². The van der Waals surface area contributed by atoms with E-state index in [4.69, 9.17) is 4.74 Å². The Kier molecular flexibility index (Phi) is 5.14. The molecule has 100 valence electrons. The van der Waals surface area contributed by atoms with Crippen LogP contribution in [0, 0.1) is 11.8 Å². The quantitative estimate of drug-likeness (QED) is 0.629. The van der Waals surface area contributed by atoms with Gasteiger partial charge in [0.2, 0.25) is 0 Å². The van der Waals surface area contributed by atoms with Crippen molar-refractivity contribution in [3.8, 4) is 5.75 Å². The largest absolute Gasteiger partial charge is 0.490 e. The van der Waals surface area contributed by atoms with E-state index in [1.165, 1.54) is 24.8 Å². The molecule has 3 unspecified atom stereocenters. The van der Waals surface area contributed by atoms with Gasteiger partial charge in [-0.15, -0.1) is 0 Å². The summed E-state index contributed by atoms with van der Waals surface area (Å²) in [6.45, 7) is 4.69. The highest BCUT2D eigenvalue weighted by atomic mass is 79.9. The Balaban J connectivity index is 2.01. The van der Waals surface area contributed by atoms with Gasteiger partial charge in [0.25, 0.3) is 0 Å². The molecule has 0 saturated heterocycles. The van der Waals surface area contributed by atoms with Crippen LogP contribution in [0.3, 0.4) is 0 Å². The number of ether oxygens (including phenoxy) is 1. The second-order valence-corrected chi connectivity index (χ2v) is 6.81. The van der Waals surface area contributed by atoms with E-state index < -0.39 is 0 Å². The van der Waals surface area contributed by atoms with E-state index in [9.17, 15) is 0 Å². The van der Waals surface area contributed by atoms with Crippen LogP contribution in [0.25, 0.3) is 0 Å². The molecule has 0 amide bonds. The normalized spacial score (nSPS) is 28.1. The summed E-state index contributed by atoms with van der Waals surface area (Å²) in [7, 11) is 0. The van der Waals surface area contributed by atoms with Crippen molar-refractivity contribution in [3.05, 3.63) is 28.2 Å². The molecule has 0 N–H and O–H groups in total. The summed E-state index contributed by atoms with van der Waals surface area (Å²) < 4.78 is 7.27. The van der Waals surface area contributed by atoms with Gasteiger partial charge in [-0.25, -0.2) is 0 Å². The molecule has 1 saturated carbocycles. The van der Waals surface area contributed by atoms with Crippen molar-refractivity contribution < 1.29 is 4.74 Å². The van der Waals surface area contributed by atoms with Crippen molar-refractivity contribution in [3.63, 3.8) is 0 Å². The summed E-state index contributed by atoms with van der Waals surface area (Å²) in [6.07, 6.45) is 4.04. The van der Waals surface area contributed by atoms with Crippen LogP contribution in [-0.4, -0.2) is 6.10 Å². The van der Waals surface area contributed by atoms with Crippen LogP contribution < -0.4 is 4.74 Å². The molecule has 1 nitrogen and oxygen atoms in total. The molecule has 0 aromatic heterocycles. The van der Waals surface area contributed by atoms with Gasteiger partial charge in [-0.3, -0.25) is 0 Å². The highest BCUT2D eigenvalue weighted by Gasteiger charge is 2.25. The number of hydrogen-bond acceptors (Lipinski definition) is 1. The molecule has 0 radical (unpaired) electrons. The minimum Gasteiger partial charge on any atom is -0.490 e. The van der Waals surface area contributed by atoms with Gasteiger partial charge in [-0.05, 0) is 54.9 Å². The van der Waals surface area contributed by atoms with E-state index in [1.807, 2.05) is 0 Å². The first-order valence-electron chi connectivity index (χ1n) is 6.61. The maximum Gasteiger partial charge on any atom is 0.120 e. The molecule has 0 heterocycles. The maximum absolute atomic E-state index is 6.13. The monoisotopic (exact) mass is 374 g/mol. The van der Waals surface area contributed by atoms with Gasteiger partial charge in [0.05, 0.1) is 6.10 Å². The van der Waals surface area contributed by atoms with Crippen LogP contribution in [0.2, 0.25) is 0 Å². The smallest absolute Gasteiger partial charge is 0.120 e. The summed E-state index contributed by atoms with van der Waals surface area (Å²) in [5, 5.41) is 0.850. The lowest BCUT2D eigenvalue weighted by Gasteiger charge is -2.32. The number of rotatable bonds is 3. The zero-order chi connectivity index (χ0) is 13.1. The molecule has 1 fully saturated rings. The molecule has 3 atom stereocenters. The zero-order valence-corrected chi connectivity index (χ0v) is 14.1. The van der Waals surface area contributed by atoms with Crippen molar-refractivity contribution in [2.75, 3.05) is 0 Å². The van der Waals surface area contributed by atoms with Crippen LogP contribution in [0.15, 0.2) is 22.7 Å². The van der Waals surface area contributed by atoms with Gasteiger partial charge in [-0.2, -0.15) is 0 Å². The number of hydrogen-bond donors (Lipinski definition) is 0. The lowest BCUT2D eigenvalue weighted by molar-refractivity contribution is 0.101. The fourth-order valence-corrected chi connectivity index (χ4v) is 3.75. The van der Waals surface area contributed by atoms with Gasteiger partial charge in [0.1, 0.15) is 5.75 Å². The molecule has 1 aliphatic rings. The molecule has 18 heavy (non-hydrogen) atoms. The van der Waals surface area contributed by atoms with Gasteiger partial charge in [0.15, 0.2) is 0 Å². The summed E-state index contributed by atoms with van der Waals surface area (Å²) in [5.41, 5.74) is 1.24. The molecule has 2 rings (SSSR count). The second-order valence-electron chi connectivity index (χ2n) is 5.39. The van der Waals surface area contributed by atoms with Crippen molar-refractivity contribution in [2.45, 2.75) is 44.5 Å². The Labute approximate surface area is 127 Å². The Hall–Kier alpha value is -0.0200. The topological polar surface area (TPSA) is 9.23 Å².